The smallest absolute Gasteiger partial charge is 0.294 e. The summed E-state index contributed by atoms with van der Waals surface area (Å²) in [6.45, 7) is 0. The Bertz CT molecular complexity index is 1000. The number of thiazole rings is 1. The third kappa shape index (κ3) is 3.10. The Morgan fingerprint density at radius 2 is 1.88 bits per heavy atom. The zero-order valence-electron chi connectivity index (χ0n) is 13.1. The molecule has 0 bridgehead atoms. The molecular weight excluding hydrogens is 341 g/mol. The number of benzene rings is 2. The van der Waals surface area contributed by atoms with E-state index in [2.05, 4.69) is 9.56 Å². The maximum atomic E-state index is 13.2. The van der Waals surface area contributed by atoms with Crippen LogP contribution in [0.15, 0.2) is 58.9 Å². The first kappa shape index (κ1) is 15.7. The largest absolute Gasteiger partial charge is 0.313 e. The van der Waals surface area contributed by atoms with E-state index in [0.717, 1.165) is 28.9 Å². The molecule has 0 aliphatic heterocycles. The lowest BCUT2D eigenvalue weighted by molar-refractivity contribution is -0.384. The molecule has 0 radical (unpaired) electrons. The third-order valence-electron chi connectivity index (χ3n) is 4.09. The summed E-state index contributed by atoms with van der Waals surface area (Å²) in [5.41, 5.74) is 2.20. The maximum absolute atomic E-state index is 13.2. The van der Waals surface area contributed by atoms with Gasteiger partial charge in [0.15, 0.2) is 4.80 Å². The minimum absolute atomic E-state index is 0.0124. The normalized spacial score (nSPS) is 14.7. The van der Waals surface area contributed by atoms with Crippen molar-refractivity contribution in [3.8, 4) is 11.3 Å². The molecule has 1 aromatic heterocycles. The topological polar surface area (TPSA) is 60.4 Å². The second-order valence-corrected chi connectivity index (χ2v) is 6.71. The van der Waals surface area contributed by atoms with Crippen molar-refractivity contribution >= 4 is 22.7 Å². The highest BCUT2D eigenvalue weighted by Gasteiger charge is 2.27. The quantitative estimate of drug-likeness (QED) is 0.497. The molecule has 1 aliphatic rings. The molecule has 3 aromatic rings. The van der Waals surface area contributed by atoms with Crippen molar-refractivity contribution in [1.29, 1.82) is 0 Å². The number of para-hydroxylation sites is 2. The van der Waals surface area contributed by atoms with Gasteiger partial charge in [-0.15, -0.1) is 11.3 Å². The predicted octanol–water partition coefficient (Wildman–Crippen LogP) is 4.83. The lowest BCUT2D eigenvalue weighted by Crippen LogP contribution is -2.14. The second-order valence-electron chi connectivity index (χ2n) is 5.87. The van der Waals surface area contributed by atoms with Crippen LogP contribution in [0.5, 0.6) is 0 Å². The number of hydrogen-bond donors (Lipinski definition) is 0. The van der Waals surface area contributed by atoms with E-state index >= 15 is 0 Å². The highest BCUT2D eigenvalue weighted by molar-refractivity contribution is 7.07. The summed E-state index contributed by atoms with van der Waals surface area (Å²) in [6, 6.07) is 13.2. The van der Waals surface area contributed by atoms with Crippen LogP contribution >= 0.6 is 11.3 Å². The Hall–Kier alpha value is -2.80. The number of rotatable bonds is 4. The third-order valence-corrected chi connectivity index (χ3v) is 4.93. The predicted molar refractivity (Wildman–Crippen MR) is 94.3 cm³/mol. The standard InChI is InChI=1S/C18H14FN3O2S/c19-13-7-5-12(6-8-13)17-11-25-18(21(17)14-9-10-14)20-15-3-1-2-4-16(15)22(23)24/h1-8,11,14H,9-10H2. The number of hydrogen-bond acceptors (Lipinski definition) is 4. The summed E-state index contributed by atoms with van der Waals surface area (Å²) in [4.78, 5) is 16.1. The first-order valence-electron chi connectivity index (χ1n) is 7.87. The van der Waals surface area contributed by atoms with Crippen LogP contribution in [0.25, 0.3) is 11.3 Å². The Kier molecular flexibility index (Phi) is 3.93. The second kappa shape index (κ2) is 6.25. The van der Waals surface area contributed by atoms with Crippen LogP contribution in [0.2, 0.25) is 0 Å². The van der Waals surface area contributed by atoms with Crippen molar-refractivity contribution in [2.24, 2.45) is 4.99 Å². The Labute approximate surface area is 146 Å². The van der Waals surface area contributed by atoms with Gasteiger partial charge in [0.2, 0.25) is 0 Å². The van der Waals surface area contributed by atoms with Crippen LogP contribution in [0.4, 0.5) is 15.8 Å². The molecule has 0 saturated heterocycles. The van der Waals surface area contributed by atoms with E-state index in [0.29, 0.717) is 11.7 Å². The first-order chi connectivity index (χ1) is 12.1. The Morgan fingerprint density at radius 3 is 2.56 bits per heavy atom. The summed E-state index contributed by atoms with van der Waals surface area (Å²) >= 11 is 1.44. The van der Waals surface area contributed by atoms with Gasteiger partial charge >= 0.3 is 0 Å². The monoisotopic (exact) mass is 355 g/mol. The summed E-state index contributed by atoms with van der Waals surface area (Å²) in [5, 5.41) is 13.2. The average Bonchev–Trinajstić information content (AvgIpc) is 3.37. The zero-order chi connectivity index (χ0) is 17.4. The SMILES string of the molecule is O=[N+]([O-])c1ccccc1N=c1scc(-c2ccc(F)cc2)n1C1CC1. The van der Waals surface area contributed by atoms with Crippen molar-refractivity contribution in [3.05, 3.63) is 74.6 Å². The summed E-state index contributed by atoms with van der Waals surface area (Å²) in [5.74, 6) is -0.276. The number of nitrogens with zero attached hydrogens (tertiary/aromatic N) is 3. The van der Waals surface area contributed by atoms with Gasteiger partial charge in [-0.25, -0.2) is 9.38 Å². The fourth-order valence-electron chi connectivity index (χ4n) is 2.73. The van der Waals surface area contributed by atoms with Crippen molar-refractivity contribution in [2.45, 2.75) is 18.9 Å². The van der Waals surface area contributed by atoms with Crippen LogP contribution < -0.4 is 4.80 Å². The zero-order valence-corrected chi connectivity index (χ0v) is 13.9. The number of halogens is 1. The summed E-state index contributed by atoms with van der Waals surface area (Å²) in [6.07, 6.45) is 2.10. The number of nitro groups is 1. The van der Waals surface area contributed by atoms with Gasteiger partial charge in [0, 0.05) is 17.5 Å². The summed E-state index contributed by atoms with van der Waals surface area (Å²) in [7, 11) is 0. The average molecular weight is 355 g/mol. The van der Waals surface area contributed by atoms with E-state index in [1.807, 2.05) is 5.38 Å². The molecule has 7 heteroatoms. The minimum Gasteiger partial charge on any atom is -0.313 e. The maximum Gasteiger partial charge on any atom is 0.294 e. The van der Waals surface area contributed by atoms with Gasteiger partial charge < -0.3 is 4.57 Å². The lowest BCUT2D eigenvalue weighted by Gasteiger charge is -2.07. The number of aromatic nitrogens is 1. The van der Waals surface area contributed by atoms with Gasteiger partial charge in [-0.1, -0.05) is 12.1 Å². The fraction of sp³-hybridized carbons (Fsp3) is 0.167. The van der Waals surface area contributed by atoms with Gasteiger partial charge in [0.05, 0.1) is 10.6 Å². The molecule has 1 heterocycles. The Morgan fingerprint density at radius 1 is 1.16 bits per heavy atom. The molecule has 0 amide bonds. The van der Waals surface area contributed by atoms with Crippen molar-refractivity contribution < 1.29 is 9.31 Å². The van der Waals surface area contributed by atoms with Crippen LogP contribution in [-0.2, 0) is 0 Å². The van der Waals surface area contributed by atoms with Gasteiger partial charge in [-0.05, 0) is 48.7 Å². The van der Waals surface area contributed by atoms with E-state index in [4.69, 9.17) is 0 Å². The van der Waals surface area contributed by atoms with E-state index < -0.39 is 4.92 Å². The van der Waals surface area contributed by atoms with E-state index in [1.54, 1.807) is 30.3 Å². The highest BCUT2D eigenvalue weighted by atomic mass is 32.1. The minimum atomic E-state index is -0.422. The lowest BCUT2D eigenvalue weighted by atomic mass is 10.1. The molecule has 1 saturated carbocycles. The molecule has 0 unspecified atom stereocenters. The molecule has 0 spiro atoms. The molecule has 2 aromatic carbocycles. The van der Waals surface area contributed by atoms with Crippen molar-refractivity contribution in [2.75, 3.05) is 0 Å². The van der Waals surface area contributed by atoms with Crippen molar-refractivity contribution in [3.63, 3.8) is 0 Å². The fourth-order valence-corrected chi connectivity index (χ4v) is 3.71. The molecule has 4 rings (SSSR count). The van der Waals surface area contributed by atoms with Crippen LogP contribution in [-0.4, -0.2) is 9.49 Å². The van der Waals surface area contributed by atoms with Gasteiger partial charge in [-0.2, -0.15) is 0 Å². The molecular formula is C18H14FN3O2S. The number of nitro benzene ring substituents is 1. The van der Waals surface area contributed by atoms with Crippen LogP contribution in [0, 0.1) is 15.9 Å². The van der Waals surface area contributed by atoms with Crippen molar-refractivity contribution in [1.82, 2.24) is 4.57 Å². The Balaban J connectivity index is 1.87. The molecule has 126 valence electrons. The molecule has 25 heavy (non-hydrogen) atoms. The van der Waals surface area contributed by atoms with Gasteiger partial charge in [-0.3, -0.25) is 10.1 Å². The van der Waals surface area contributed by atoms with Gasteiger partial charge in [0.1, 0.15) is 11.5 Å². The summed E-state index contributed by atoms with van der Waals surface area (Å²) < 4.78 is 15.3. The van der Waals surface area contributed by atoms with Crippen LogP contribution in [0.3, 0.4) is 0 Å². The molecule has 0 N–H and O–H groups in total. The molecule has 1 aliphatic carbocycles. The first-order valence-corrected chi connectivity index (χ1v) is 8.75. The molecule has 1 fully saturated rings. The van der Waals surface area contributed by atoms with Crippen LogP contribution in [0.1, 0.15) is 18.9 Å². The highest BCUT2D eigenvalue weighted by Crippen LogP contribution is 2.38. The van der Waals surface area contributed by atoms with E-state index in [1.165, 1.54) is 29.5 Å². The van der Waals surface area contributed by atoms with Gasteiger partial charge in [0.25, 0.3) is 5.69 Å². The van der Waals surface area contributed by atoms with E-state index in [-0.39, 0.29) is 11.5 Å². The molecule has 5 nitrogen and oxygen atoms in total. The molecule has 0 atom stereocenters. The van der Waals surface area contributed by atoms with E-state index in [9.17, 15) is 14.5 Å².